The van der Waals surface area contributed by atoms with Gasteiger partial charge in [-0.1, -0.05) is 6.92 Å². The summed E-state index contributed by atoms with van der Waals surface area (Å²) in [4.78, 5) is 35.9. The molecule has 0 unspecified atom stereocenters. The Labute approximate surface area is 110 Å². The summed E-state index contributed by atoms with van der Waals surface area (Å²) in [5, 5.41) is 14.8. The number of rotatable bonds is 5. The van der Waals surface area contributed by atoms with E-state index in [4.69, 9.17) is 5.11 Å². The number of aryl methyl sites for hydroxylation is 1. The smallest absolute Gasteiger partial charge is 0.323 e. The zero-order valence-corrected chi connectivity index (χ0v) is 11.2. The Kier molecular flexibility index (Phi) is 4.80. The first kappa shape index (κ1) is 14.9. The van der Waals surface area contributed by atoms with Gasteiger partial charge in [-0.3, -0.25) is 14.4 Å². The molecule has 0 aliphatic heterocycles. The molecule has 0 aliphatic rings. The van der Waals surface area contributed by atoms with Gasteiger partial charge in [0, 0.05) is 6.54 Å². The summed E-state index contributed by atoms with van der Waals surface area (Å²) < 4.78 is 0. The molecule has 0 spiro atoms. The molecular weight excluding hydrogens is 250 g/mol. The third-order valence-electron chi connectivity index (χ3n) is 2.79. The van der Waals surface area contributed by atoms with E-state index in [0.717, 1.165) is 4.90 Å². The number of hydrogen-bond acceptors (Lipinski definition) is 4. The topological polar surface area (TPSA) is 103 Å². The second kappa shape index (κ2) is 6.12. The molecule has 2 N–H and O–H groups in total. The van der Waals surface area contributed by atoms with Crippen molar-refractivity contribution < 1.29 is 14.7 Å². The molecule has 0 saturated heterocycles. The quantitative estimate of drug-likeness (QED) is 0.799. The van der Waals surface area contributed by atoms with Crippen molar-refractivity contribution in [2.75, 3.05) is 13.1 Å². The van der Waals surface area contributed by atoms with Gasteiger partial charge in [-0.2, -0.15) is 5.10 Å². The van der Waals surface area contributed by atoms with Crippen LogP contribution in [0.3, 0.4) is 0 Å². The molecule has 0 aliphatic carbocycles. The van der Waals surface area contributed by atoms with Crippen LogP contribution in [-0.2, 0) is 4.79 Å². The van der Waals surface area contributed by atoms with E-state index in [1.165, 1.54) is 0 Å². The molecule has 1 heterocycles. The Morgan fingerprint density at radius 1 is 1.37 bits per heavy atom. The van der Waals surface area contributed by atoms with Crippen molar-refractivity contribution in [1.82, 2.24) is 15.1 Å². The lowest BCUT2D eigenvalue weighted by atomic mass is 10.1. The fourth-order valence-corrected chi connectivity index (χ4v) is 1.73. The van der Waals surface area contributed by atoms with Gasteiger partial charge in [0.05, 0.1) is 5.69 Å². The Morgan fingerprint density at radius 2 is 2.00 bits per heavy atom. The molecule has 0 atom stereocenters. The van der Waals surface area contributed by atoms with Crippen molar-refractivity contribution in [2.24, 2.45) is 0 Å². The van der Waals surface area contributed by atoms with Gasteiger partial charge >= 0.3 is 5.97 Å². The van der Waals surface area contributed by atoms with Crippen molar-refractivity contribution in [3.05, 3.63) is 27.2 Å². The molecule has 7 heteroatoms. The number of aromatic amines is 1. The van der Waals surface area contributed by atoms with Crippen LogP contribution in [-0.4, -0.2) is 45.2 Å². The lowest BCUT2D eigenvalue weighted by molar-refractivity contribution is -0.137. The maximum Gasteiger partial charge on any atom is 0.323 e. The number of carbonyl (C=O) groups excluding carboxylic acids is 1. The Bertz CT molecular complexity index is 550. The Hall–Kier alpha value is -2.18. The molecule has 0 saturated carbocycles. The van der Waals surface area contributed by atoms with Gasteiger partial charge < -0.3 is 10.0 Å². The van der Waals surface area contributed by atoms with E-state index in [9.17, 15) is 14.4 Å². The second-order valence-electron chi connectivity index (χ2n) is 4.26. The predicted octanol–water partition coefficient (Wildman–Crippen LogP) is 0.324. The molecule has 104 valence electrons. The number of amides is 1. The highest BCUT2D eigenvalue weighted by Gasteiger charge is 2.23. The van der Waals surface area contributed by atoms with Crippen molar-refractivity contribution in [3.63, 3.8) is 0 Å². The molecule has 0 aromatic carbocycles. The van der Waals surface area contributed by atoms with Crippen LogP contribution in [0.4, 0.5) is 0 Å². The molecule has 1 amide bonds. The van der Waals surface area contributed by atoms with Gasteiger partial charge in [0.1, 0.15) is 12.1 Å². The highest BCUT2D eigenvalue weighted by molar-refractivity contribution is 5.96. The molecule has 1 rings (SSSR count). The first-order valence-electron chi connectivity index (χ1n) is 5.95. The minimum atomic E-state index is -1.11. The van der Waals surface area contributed by atoms with Crippen molar-refractivity contribution in [1.29, 1.82) is 0 Å². The summed E-state index contributed by atoms with van der Waals surface area (Å²) in [6.45, 7) is 4.98. The second-order valence-corrected chi connectivity index (χ2v) is 4.26. The zero-order chi connectivity index (χ0) is 14.6. The summed E-state index contributed by atoms with van der Waals surface area (Å²) in [6, 6.07) is 0. The third kappa shape index (κ3) is 3.40. The predicted molar refractivity (Wildman–Crippen MR) is 68.2 cm³/mol. The van der Waals surface area contributed by atoms with Crippen LogP contribution in [0.25, 0.3) is 0 Å². The first-order valence-corrected chi connectivity index (χ1v) is 5.95. The van der Waals surface area contributed by atoms with Crippen LogP contribution in [0.1, 0.15) is 35.0 Å². The van der Waals surface area contributed by atoms with Gasteiger partial charge in [0.2, 0.25) is 0 Å². The molecule has 7 nitrogen and oxygen atoms in total. The number of H-pyrrole nitrogens is 1. The van der Waals surface area contributed by atoms with E-state index >= 15 is 0 Å². The lowest BCUT2D eigenvalue weighted by Gasteiger charge is -2.20. The summed E-state index contributed by atoms with van der Waals surface area (Å²) in [6.07, 6.45) is 0.611. The van der Waals surface area contributed by atoms with Crippen LogP contribution in [0.5, 0.6) is 0 Å². The molecule has 19 heavy (non-hydrogen) atoms. The van der Waals surface area contributed by atoms with Gasteiger partial charge in [-0.05, 0) is 25.8 Å². The summed E-state index contributed by atoms with van der Waals surface area (Å²) >= 11 is 0. The van der Waals surface area contributed by atoms with E-state index in [1.807, 2.05) is 6.92 Å². The highest BCUT2D eigenvalue weighted by Crippen LogP contribution is 2.09. The maximum absolute atomic E-state index is 12.3. The lowest BCUT2D eigenvalue weighted by Crippen LogP contribution is -2.39. The van der Waals surface area contributed by atoms with Crippen LogP contribution in [0.15, 0.2) is 4.79 Å². The highest BCUT2D eigenvalue weighted by atomic mass is 16.4. The van der Waals surface area contributed by atoms with Crippen LogP contribution < -0.4 is 5.56 Å². The van der Waals surface area contributed by atoms with E-state index in [2.05, 4.69) is 10.2 Å². The van der Waals surface area contributed by atoms with Gasteiger partial charge in [0.15, 0.2) is 0 Å². The number of aliphatic carboxylic acids is 1. The largest absolute Gasteiger partial charge is 0.480 e. The Morgan fingerprint density at radius 3 is 2.53 bits per heavy atom. The normalized spacial score (nSPS) is 10.3. The number of aromatic nitrogens is 2. The van der Waals surface area contributed by atoms with Crippen molar-refractivity contribution in [2.45, 2.75) is 27.2 Å². The minimum absolute atomic E-state index is 0.0396. The number of nitrogens with one attached hydrogen (secondary N) is 1. The van der Waals surface area contributed by atoms with Crippen molar-refractivity contribution in [3.8, 4) is 0 Å². The van der Waals surface area contributed by atoms with E-state index in [0.29, 0.717) is 17.7 Å². The molecule has 0 radical (unpaired) electrons. The van der Waals surface area contributed by atoms with Crippen LogP contribution in [0, 0.1) is 13.8 Å². The number of carboxylic acids is 1. The fraction of sp³-hybridized carbons (Fsp3) is 0.500. The monoisotopic (exact) mass is 267 g/mol. The molecule has 1 aromatic rings. The molecule has 0 fully saturated rings. The molecule has 0 bridgehead atoms. The number of hydrogen-bond donors (Lipinski definition) is 2. The zero-order valence-electron chi connectivity index (χ0n) is 11.2. The van der Waals surface area contributed by atoms with E-state index < -0.39 is 24.0 Å². The average molecular weight is 267 g/mol. The number of nitrogens with zero attached hydrogens (tertiary/aromatic N) is 2. The average Bonchev–Trinajstić information content (AvgIpc) is 2.33. The van der Waals surface area contributed by atoms with Gasteiger partial charge in [-0.25, -0.2) is 5.10 Å². The maximum atomic E-state index is 12.3. The van der Waals surface area contributed by atoms with E-state index in [1.54, 1.807) is 13.8 Å². The fourth-order valence-electron chi connectivity index (χ4n) is 1.73. The van der Waals surface area contributed by atoms with E-state index in [-0.39, 0.29) is 12.1 Å². The summed E-state index contributed by atoms with van der Waals surface area (Å²) in [5.74, 6) is -1.69. The third-order valence-corrected chi connectivity index (χ3v) is 2.79. The summed E-state index contributed by atoms with van der Waals surface area (Å²) in [7, 11) is 0. The van der Waals surface area contributed by atoms with Crippen LogP contribution >= 0.6 is 0 Å². The standard InChI is InChI=1S/C12H17N3O4/c1-4-5-15(6-9(16)17)12(19)10-7(2)8(3)13-14-11(10)18/h4-6H2,1-3H3,(H,14,18)(H,16,17). The minimum Gasteiger partial charge on any atom is -0.480 e. The van der Waals surface area contributed by atoms with Gasteiger partial charge in [-0.15, -0.1) is 0 Å². The Balaban J connectivity index is 3.20. The summed E-state index contributed by atoms with van der Waals surface area (Å²) in [5.41, 5.74) is 0.372. The first-order chi connectivity index (χ1) is 8.88. The van der Waals surface area contributed by atoms with Crippen LogP contribution in [0.2, 0.25) is 0 Å². The molecular formula is C12H17N3O4. The van der Waals surface area contributed by atoms with Gasteiger partial charge in [0.25, 0.3) is 11.5 Å². The number of carbonyl (C=O) groups is 2. The SMILES string of the molecule is CCCN(CC(=O)O)C(=O)c1c(C)c(C)n[nH]c1=O. The molecule has 1 aromatic heterocycles. The number of carboxylic acid groups (broad SMARTS) is 1. The van der Waals surface area contributed by atoms with Crippen molar-refractivity contribution >= 4 is 11.9 Å².